The Balaban J connectivity index is 2.79. The standard InChI is InChI=1S/C7H7ClO2S/c8-7-3-1-2-6(4-7)5-11(9)10/h1-4H,5H2,(H,9,10). The lowest BCUT2D eigenvalue weighted by Crippen LogP contribution is -1.91. The van der Waals surface area contributed by atoms with Gasteiger partial charge in [0.1, 0.15) is 0 Å². The molecule has 1 atom stereocenters. The highest BCUT2D eigenvalue weighted by atomic mass is 35.5. The SMILES string of the molecule is O=S(O)Cc1cccc(Cl)c1. The topological polar surface area (TPSA) is 37.3 Å². The van der Waals surface area contributed by atoms with E-state index in [0.29, 0.717) is 5.02 Å². The Kier molecular flexibility index (Phi) is 3.05. The molecule has 0 saturated carbocycles. The first kappa shape index (κ1) is 8.71. The van der Waals surface area contributed by atoms with E-state index in [9.17, 15) is 4.21 Å². The Morgan fingerprint density at radius 2 is 2.27 bits per heavy atom. The average molecular weight is 191 g/mol. The smallest absolute Gasteiger partial charge is 0.157 e. The summed E-state index contributed by atoms with van der Waals surface area (Å²) in [4.78, 5) is 0. The van der Waals surface area contributed by atoms with Gasteiger partial charge in [-0.3, -0.25) is 0 Å². The van der Waals surface area contributed by atoms with Crippen molar-refractivity contribution < 1.29 is 8.76 Å². The van der Waals surface area contributed by atoms with Crippen molar-refractivity contribution in [3.63, 3.8) is 0 Å². The van der Waals surface area contributed by atoms with Crippen LogP contribution in [0.2, 0.25) is 5.02 Å². The number of benzene rings is 1. The zero-order chi connectivity index (χ0) is 8.27. The fourth-order valence-corrected chi connectivity index (χ4v) is 1.45. The number of hydrogen-bond acceptors (Lipinski definition) is 1. The molecular formula is C7H7ClO2S. The molecule has 0 radical (unpaired) electrons. The maximum Gasteiger partial charge on any atom is 0.157 e. The van der Waals surface area contributed by atoms with E-state index in [4.69, 9.17) is 16.2 Å². The molecule has 1 rings (SSSR count). The lowest BCUT2D eigenvalue weighted by molar-refractivity contribution is 0.563. The van der Waals surface area contributed by atoms with Crippen LogP contribution in [0.4, 0.5) is 0 Å². The molecule has 0 fully saturated rings. The van der Waals surface area contributed by atoms with Crippen molar-refractivity contribution in [2.75, 3.05) is 0 Å². The normalized spacial score (nSPS) is 12.9. The summed E-state index contributed by atoms with van der Waals surface area (Å²) in [5, 5.41) is 0.591. The zero-order valence-corrected chi connectivity index (χ0v) is 7.23. The molecule has 0 saturated heterocycles. The molecule has 1 N–H and O–H groups in total. The Labute approximate surface area is 72.5 Å². The molecule has 4 heteroatoms. The van der Waals surface area contributed by atoms with Gasteiger partial charge < -0.3 is 4.55 Å². The highest BCUT2D eigenvalue weighted by Crippen LogP contribution is 2.11. The van der Waals surface area contributed by atoms with Gasteiger partial charge in [0.25, 0.3) is 0 Å². The lowest BCUT2D eigenvalue weighted by atomic mass is 10.2. The summed E-state index contributed by atoms with van der Waals surface area (Å²) in [6.07, 6.45) is 0. The van der Waals surface area contributed by atoms with Gasteiger partial charge in [-0.05, 0) is 17.7 Å². The summed E-state index contributed by atoms with van der Waals surface area (Å²) in [6.45, 7) is 0. The quantitative estimate of drug-likeness (QED) is 0.725. The Hall–Kier alpha value is -0.380. The molecule has 11 heavy (non-hydrogen) atoms. The zero-order valence-electron chi connectivity index (χ0n) is 5.66. The van der Waals surface area contributed by atoms with Gasteiger partial charge in [0, 0.05) is 5.02 Å². The van der Waals surface area contributed by atoms with Crippen LogP contribution in [0.5, 0.6) is 0 Å². The number of halogens is 1. The van der Waals surface area contributed by atoms with E-state index < -0.39 is 11.1 Å². The number of rotatable bonds is 2. The van der Waals surface area contributed by atoms with Gasteiger partial charge in [0.2, 0.25) is 0 Å². The van der Waals surface area contributed by atoms with E-state index in [2.05, 4.69) is 0 Å². The third-order valence-corrected chi connectivity index (χ3v) is 1.99. The Morgan fingerprint density at radius 3 is 2.82 bits per heavy atom. The fraction of sp³-hybridized carbons (Fsp3) is 0.143. The van der Waals surface area contributed by atoms with E-state index in [1.807, 2.05) is 0 Å². The van der Waals surface area contributed by atoms with Crippen molar-refractivity contribution >= 4 is 22.7 Å². The molecular weight excluding hydrogens is 184 g/mol. The van der Waals surface area contributed by atoms with Crippen molar-refractivity contribution in [1.29, 1.82) is 0 Å². The van der Waals surface area contributed by atoms with E-state index in [-0.39, 0.29) is 5.75 Å². The van der Waals surface area contributed by atoms with Crippen LogP contribution in [0.1, 0.15) is 5.56 Å². The molecule has 1 unspecified atom stereocenters. The van der Waals surface area contributed by atoms with Crippen LogP contribution in [0.25, 0.3) is 0 Å². The molecule has 0 aliphatic heterocycles. The Bertz CT molecular complexity index is 275. The number of hydrogen-bond donors (Lipinski definition) is 1. The summed E-state index contributed by atoms with van der Waals surface area (Å²) in [6, 6.07) is 6.92. The molecule has 0 aromatic heterocycles. The van der Waals surface area contributed by atoms with Crippen LogP contribution in [0, 0.1) is 0 Å². The first-order valence-electron chi connectivity index (χ1n) is 3.00. The van der Waals surface area contributed by atoms with Gasteiger partial charge in [0.05, 0.1) is 5.75 Å². The molecule has 1 aromatic rings. The largest absolute Gasteiger partial charge is 0.306 e. The molecule has 2 nitrogen and oxygen atoms in total. The summed E-state index contributed by atoms with van der Waals surface area (Å²) >= 11 is 3.86. The Morgan fingerprint density at radius 1 is 1.55 bits per heavy atom. The fourth-order valence-electron chi connectivity index (χ4n) is 0.769. The molecule has 1 aromatic carbocycles. The summed E-state index contributed by atoms with van der Waals surface area (Å²) < 4.78 is 18.9. The minimum absolute atomic E-state index is 0.139. The first-order valence-corrected chi connectivity index (χ1v) is 4.66. The minimum atomic E-state index is -1.78. The van der Waals surface area contributed by atoms with Gasteiger partial charge in [-0.2, -0.15) is 0 Å². The van der Waals surface area contributed by atoms with Crippen molar-refractivity contribution in [3.8, 4) is 0 Å². The van der Waals surface area contributed by atoms with E-state index in [0.717, 1.165) is 5.56 Å². The van der Waals surface area contributed by atoms with Gasteiger partial charge >= 0.3 is 0 Å². The van der Waals surface area contributed by atoms with E-state index >= 15 is 0 Å². The molecule has 0 bridgehead atoms. The van der Waals surface area contributed by atoms with Crippen LogP contribution >= 0.6 is 11.6 Å². The molecule has 0 amide bonds. The average Bonchev–Trinajstić information content (AvgIpc) is 1.85. The van der Waals surface area contributed by atoms with Crippen LogP contribution in [0.3, 0.4) is 0 Å². The summed E-state index contributed by atoms with van der Waals surface area (Å²) in [7, 11) is 0. The van der Waals surface area contributed by atoms with Crippen LogP contribution in [0.15, 0.2) is 24.3 Å². The molecule has 0 aliphatic rings. The van der Waals surface area contributed by atoms with Crippen molar-refractivity contribution in [2.24, 2.45) is 0 Å². The van der Waals surface area contributed by atoms with Crippen LogP contribution < -0.4 is 0 Å². The lowest BCUT2D eigenvalue weighted by Gasteiger charge is -1.96. The second-order valence-electron chi connectivity index (χ2n) is 2.10. The van der Waals surface area contributed by atoms with E-state index in [1.165, 1.54) is 0 Å². The molecule has 0 aliphatic carbocycles. The minimum Gasteiger partial charge on any atom is -0.306 e. The predicted octanol–water partition coefficient (Wildman–Crippen LogP) is 2.06. The monoisotopic (exact) mass is 190 g/mol. The van der Waals surface area contributed by atoms with Crippen molar-refractivity contribution in [1.82, 2.24) is 0 Å². The first-order chi connectivity index (χ1) is 5.18. The van der Waals surface area contributed by atoms with Gasteiger partial charge in [0.15, 0.2) is 11.1 Å². The third-order valence-electron chi connectivity index (χ3n) is 1.18. The third kappa shape index (κ3) is 3.01. The van der Waals surface area contributed by atoms with Crippen molar-refractivity contribution in [3.05, 3.63) is 34.9 Å². The summed E-state index contributed by atoms with van der Waals surface area (Å²) in [5.41, 5.74) is 0.776. The molecule has 0 heterocycles. The highest BCUT2D eigenvalue weighted by molar-refractivity contribution is 7.78. The molecule has 60 valence electrons. The maximum absolute atomic E-state index is 10.3. The second kappa shape index (κ2) is 3.85. The molecule has 0 spiro atoms. The van der Waals surface area contributed by atoms with Gasteiger partial charge in [-0.15, -0.1) is 0 Å². The second-order valence-corrected chi connectivity index (χ2v) is 3.46. The van der Waals surface area contributed by atoms with Gasteiger partial charge in [-0.25, -0.2) is 4.21 Å². The maximum atomic E-state index is 10.3. The van der Waals surface area contributed by atoms with Crippen molar-refractivity contribution in [2.45, 2.75) is 5.75 Å². The highest BCUT2D eigenvalue weighted by Gasteiger charge is 1.97. The van der Waals surface area contributed by atoms with E-state index in [1.54, 1.807) is 24.3 Å². The van der Waals surface area contributed by atoms with Crippen LogP contribution in [-0.2, 0) is 16.8 Å². The van der Waals surface area contributed by atoms with Crippen LogP contribution in [-0.4, -0.2) is 8.76 Å². The summed E-state index contributed by atoms with van der Waals surface area (Å²) in [5.74, 6) is 0.139. The van der Waals surface area contributed by atoms with Gasteiger partial charge in [-0.1, -0.05) is 23.7 Å². The predicted molar refractivity (Wildman–Crippen MR) is 45.9 cm³/mol.